The summed E-state index contributed by atoms with van der Waals surface area (Å²) in [6.07, 6.45) is 1.66. The molecular weight excluding hydrogens is 253 g/mol. The molecular formula is C12H18FN3O3. The quantitative estimate of drug-likeness (QED) is 0.586. The Labute approximate surface area is 110 Å². The highest BCUT2D eigenvalue weighted by Crippen LogP contribution is 2.32. The van der Waals surface area contributed by atoms with Crippen LogP contribution in [0, 0.1) is 15.9 Å². The van der Waals surface area contributed by atoms with E-state index in [9.17, 15) is 14.5 Å². The lowest BCUT2D eigenvalue weighted by Crippen LogP contribution is -2.28. The van der Waals surface area contributed by atoms with Gasteiger partial charge in [0, 0.05) is 18.7 Å². The first kappa shape index (κ1) is 15.2. The predicted molar refractivity (Wildman–Crippen MR) is 71.0 cm³/mol. The molecule has 0 aliphatic heterocycles. The largest absolute Gasteiger partial charge is 0.494 e. The van der Waals surface area contributed by atoms with Crippen molar-refractivity contribution in [3.63, 3.8) is 0 Å². The number of nitro benzene ring substituents is 1. The molecule has 0 radical (unpaired) electrons. The number of hydrogen-bond acceptors (Lipinski definition) is 5. The molecule has 3 N–H and O–H groups in total. The smallest absolute Gasteiger partial charge is 0.295 e. The summed E-state index contributed by atoms with van der Waals surface area (Å²) >= 11 is 0. The molecule has 0 aromatic heterocycles. The molecule has 0 aliphatic rings. The number of nitrogens with two attached hydrogens (primary N) is 1. The maximum absolute atomic E-state index is 13.5. The van der Waals surface area contributed by atoms with Crippen molar-refractivity contribution in [1.82, 2.24) is 0 Å². The Morgan fingerprint density at radius 3 is 2.74 bits per heavy atom. The Balaban J connectivity index is 3.12. The lowest BCUT2D eigenvalue weighted by Gasteiger charge is -2.18. The minimum atomic E-state index is -0.764. The average Bonchev–Trinajstić information content (AvgIpc) is 2.39. The van der Waals surface area contributed by atoms with Crippen LogP contribution in [0.15, 0.2) is 12.1 Å². The van der Waals surface area contributed by atoms with Crippen LogP contribution in [-0.4, -0.2) is 24.6 Å². The van der Waals surface area contributed by atoms with Gasteiger partial charge < -0.3 is 15.8 Å². The monoisotopic (exact) mass is 271 g/mol. The molecule has 1 unspecified atom stereocenters. The Morgan fingerprint density at radius 2 is 2.26 bits per heavy atom. The van der Waals surface area contributed by atoms with Crippen molar-refractivity contribution in [2.45, 2.75) is 25.8 Å². The van der Waals surface area contributed by atoms with Crippen molar-refractivity contribution in [3.8, 4) is 5.75 Å². The van der Waals surface area contributed by atoms with Gasteiger partial charge in [0.05, 0.1) is 18.1 Å². The van der Waals surface area contributed by atoms with E-state index >= 15 is 0 Å². The van der Waals surface area contributed by atoms with E-state index in [2.05, 4.69) is 5.32 Å². The zero-order chi connectivity index (χ0) is 14.4. The zero-order valence-electron chi connectivity index (χ0n) is 11.0. The maximum atomic E-state index is 13.5. The Bertz CT molecular complexity index is 454. The van der Waals surface area contributed by atoms with Gasteiger partial charge in [-0.15, -0.1) is 0 Å². The first-order valence-electron chi connectivity index (χ1n) is 6.02. The molecule has 0 aliphatic carbocycles. The number of rotatable bonds is 7. The Hall–Kier alpha value is -1.89. The molecule has 19 heavy (non-hydrogen) atoms. The molecule has 0 saturated heterocycles. The number of benzene rings is 1. The number of ether oxygens (including phenoxy) is 1. The van der Waals surface area contributed by atoms with Crippen LogP contribution < -0.4 is 15.8 Å². The van der Waals surface area contributed by atoms with Gasteiger partial charge in [-0.3, -0.25) is 10.1 Å². The van der Waals surface area contributed by atoms with E-state index in [1.54, 1.807) is 0 Å². The molecule has 1 aromatic rings. The average molecular weight is 271 g/mol. The molecule has 0 spiro atoms. The Morgan fingerprint density at radius 1 is 1.58 bits per heavy atom. The van der Waals surface area contributed by atoms with Gasteiger partial charge in [0.15, 0.2) is 11.6 Å². The van der Waals surface area contributed by atoms with Crippen molar-refractivity contribution < 1.29 is 14.1 Å². The fraction of sp³-hybridized carbons (Fsp3) is 0.500. The van der Waals surface area contributed by atoms with E-state index in [-0.39, 0.29) is 23.2 Å². The van der Waals surface area contributed by atoms with Crippen molar-refractivity contribution >= 4 is 11.4 Å². The molecule has 106 valence electrons. The third-order valence-corrected chi connectivity index (χ3v) is 2.75. The van der Waals surface area contributed by atoms with E-state index in [1.807, 2.05) is 6.92 Å². The summed E-state index contributed by atoms with van der Waals surface area (Å²) in [5.74, 6) is -0.806. The second-order valence-corrected chi connectivity index (χ2v) is 4.13. The summed E-state index contributed by atoms with van der Waals surface area (Å²) in [5.41, 5.74) is 5.48. The van der Waals surface area contributed by atoms with E-state index in [0.29, 0.717) is 6.54 Å². The number of hydrogen-bond donors (Lipinski definition) is 2. The third-order valence-electron chi connectivity index (χ3n) is 2.75. The van der Waals surface area contributed by atoms with Gasteiger partial charge in [-0.05, 0) is 6.42 Å². The van der Waals surface area contributed by atoms with E-state index in [4.69, 9.17) is 10.5 Å². The molecule has 0 bridgehead atoms. The molecule has 0 heterocycles. The highest BCUT2D eigenvalue weighted by molar-refractivity contribution is 5.65. The Kier molecular flexibility index (Phi) is 5.50. The molecule has 1 rings (SSSR count). The summed E-state index contributed by atoms with van der Waals surface area (Å²) in [6.45, 7) is 2.33. The number of anilines is 1. The predicted octanol–water partition coefficient (Wildman–Crippen LogP) is 2.28. The number of nitro groups is 1. The van der Waals surface area contributed by atoms with Crippen LogP contribution in [0.3, 0.4) is 0 Å². The van der Waals surface area contributed by atoms with Crippen molar-refractivity contribution in [3.05, 3.63) is 28.1 Å². The van der Waals surface area contributed by atoms with Gasteiger partial charge >= 0.3 is 0 Å². The van der Waals surface area contributed by atoms with Gasteiger partial charge in [-0.2, -0.15) is 0 Å². The summed E-state index contributed by atoms with van der Waals surface area (Å²) in [6, 6.07) is 2.03. The van der Waals surface area contributed by atoms with Gasteiger partial charge in [0.25, 0.3) is 5.69 Å². The molecule has 7 heteroatoms. The number of halogens is 1. The molecule has 1 atom stereocenters. The molecule has 1 aromatic carbocycles. The van der Waals surface area contributed by atoms with E-state index < -0.39 is 10.7 Å². The second-order valence-electron chi connectivity index (χ2n) is 4.13. The third kappa shape index (κ3) is 3.78. The van der Waals surface area contributed by atoms with Crippen LogP contribution in [0.2, 0.25) is 0 Å². The number of nitrogens with one attached hydrogen (secondary N) is 1. The first-order chi connectivity index (χ1) is 9.03. The molecule has 0 amide bonds. The van der Waals surface area contributed by atoms with Crippen molar-refractivity contribution in [1.29, 1.82) is 0 Å². The van der Waals surface area contributed by atoms with Gasteiger partial charge in [0.2, 0.25) is 0 Å². The number of methoxy groups -OCH3 is 1. The van der Waals surface area contributed by atoms with Crippen LogP contribution in [0.1, 0.15) is 19.8 Å². The lowest BCUT2D eigenvalue weighted by molar-refractivity contribution is -0.384. The van der Waals surface area contributed by atoms with Crippen LogP contribution in [0.25, 0.3) is 0 Å². The van der Waals surface area contributed by atoms with Gasteiger partial charge in [-0.25, -0.2) is 4.39 Å². The van der Waals surface area contributed by atoms with Crippen LogP contribution in [0.5, 0.6) is 5.75 Å². The van der Waals surface area contributed by atoms with Crippen LogP contribution in [-0.2, 0) is 0 Å². The second kappa shape index (κ2) is 6.89. The highest BCUT2D eigenvalue weighted by atomic mass is 19.1. The molecule has 6 nitrogen and oxygen atoms in total. The van der Waals surface area contributed by atoms with Crippen molar-refractivity contribution in [2.75, 3.05) is 19.0 Å². The normalized spacial score (nSPS) is 12.0. The van der Waals surface area contributed by atoms with Gasteiger partial charge in [-0.1, -0.05) is 13.3 Å². The van der Waals surface area contributed by atoms with E-state index in [1.165, 1.54) is 13.2 Å². The maximum Gasteiger partial charge on any atom is 0.295 e. The van der Waals surface area contributed by atoms with Gasteiger partial charge in [0.1, 0.15) is 5.69 Å². The topological polar surface area (TPSA) is 90.4 Å². The fourth-order valence-electron chi connectivity index (χ4n) is 1.78. The SMILES string of the molecule is CCCC(CN)Nc1cc(OC)c(F)cc1[N+](=O)[O-]. The summed E-state index contributed by atoms with van der Waals surface area (Å²) < 4.78 is 18.3. The first-order valence-corrected chi connectivity index (χ1v) is 6.02. The summed E-state index contributed by atoms with van der Waals surface area (Å²) in [5, 5.41) is 13.9. The summed E-state index contributed by atoms with van der Waals surface area (Å²) in [7, 11) is 1.31. The van der Waals surface area contributed by atoms with E-state index in [0.717, 1.165) is 18.9 Å². The van der Waals surface area contributed by atoms with Crippen molar-refractivity contribution in [2.24, 2.45) is 5.73 Å². The standard InChI is InChI=1S/C12H18FN3O3/c1-3-4-8(7-14)15-10-6-12(19-2)9(13)5-11(10)16(17)18/h5-6,8,15H,3-4,7,14H2,1-2H3. The highest BCUT2D eigenvalue weighted by Gasteiger charge is 2.20. The lowest BCUT2D eigenvalue weighted by atomic mass is 10.1. The number of nitrogens with zero attached hydrogens (tertiary/aromatic N) is 1. The fourth-order valence-corrected chi connectivity index (χ4v) is 1.78. The van der Waals surface area contributed by atoms with Crippen LogP contribution >= 0.6 is 0 Å². The van der Waals surface area contributed by atoms with Crippen LogP contribution in [0.4, 0.5) is 15.8 Å². The molecule has 0 saturated carbocycles. The minimum absolute atomic E-state index is 0.0413. The minimum Gasteiger partial charge on any atom is -0.494 e. The summed E-state index contributed by atoms with van der Waals surface area (Å²) in [4.78, 5) is 10.3. The molecule has 0 fully saturated rings. The zero-order valence-corrected chi connectivity index (χ0v) is 11.0.